The molecule has 3 aromatic rings. The molecule has 1 heterocycles. The molecule has 6 nitrogen and oxygen atoms in total. The maximum Gasteiger partial charge on any atom is 0.255 e. The number of hydrazone groups is 1. The molecule has 0 unspecified atom stereocenters. The molecule has 0 aliphatic carbocycles. The van der Waals surface area contributed by atoms with Crippen molar-refractivity contribution in [3.8, 4) is 5.75 Å². The lowest BCUT2D eigenvalue weighted by molar-refractivity contribution is 0.102. The number of amides is 1. The molecule has 0 aliphatic heterocycles. The molecule has 2 N–H and O–H groups in total. The van der Waals surface area contributed by atoms with E-state index in [1.165, 1.54) is 11.3 Å². The van der Waals surface area contributed by atoms with Crippen LogP contribution in [0.3, 0.4) is 0 Å². The molecule has 0 bridgehead atoms. The van der Waals surface area contributed by atoms with Crippen molar-refractivity contribution in [2.45, 2.75) is 47.5 Å². The Morgan fingerprint density at radius 1 is 1.23 bits per heavy atom. The maximum absolute atomic E-state index is 12.9. The normalized spacial score (nSPS) is 11.6. The number of aryl methyl sites for hydroxylation is 2. The summed E-state index contributed by atoms with van der Waals surface area (Å²) in [6.45, 7) is 10.7. The molecule has 0 saturated carbocycles. The van der Waals surface area contributed by atoms with E-state index in [-0.39, 0.29) is 5.91 Å². The number of thiazole rings is 1. The van der Waals surface area contributed by atoms with Gasteiger partial charge in [-0.15, -0.1) is 0 Å². The molecule has 1 aromatic heterocycles. The minimum atomic E-state index is -0.159. The fourth-order valence-electron chi connectivity index (χ4n) is 2.98. The van der Waals surface area contributed by atoms with Crippen LogP contribution in [-0.2, 0) is 0 Å². The van der Waals surface area contributed by atoms with Crippen LogP contribution in [0.25, 0.3) is 10.2 Å². The fraction of sp³-hybridized carbons (Fsp3) is 0.348. The largest absolute Gasteiger partial charge is 0.494 e. The second-order valence-corrected chi connectivity index (χ2v) is 8.20. The third kappa shape index (κ3) is 4.97. The van der Waals surface area contributed by atoms with Crippen LogP contribution < -0.4 is 15.5 Å². The minimum absolute atomic E-state index is 0.159. The average Bonchev–Trinajstić information content (AvgIpc) is 3.16. The molecule has 30 heavy (non-hydrogen) atoms. The second-order valence-electron chi connectivity index (χ2n) is 7.20. The number of fused-ring (bicyclic) bond motifs is 1. The number of hydrogen-bond donors (Lipinski definition) is 2. The van der Waals surface area contributed by atoms with Crippen molar-refractivity contribution in [1.82, 2.24) is 4.98 Å². The van der Waals surface area contributed by atoms with Crippen LogP contribution in [0.2, 0.25) is 0 Å². The predicted molar refractivity (Wildman–Crippen MR) is 126 cm³/mol. The summed E-state index contributed by atoms with van der Waals surface area (Å²) in [5.41, 5.74) is 8.30. The first-order chi connectivity index (χ1) is 14.4. The van der Waals surface area contributed by atoms with Gasteiger partial charge in [-0.2, -0.15) is 5.10 Å². The smallest absolute Gasteiger partial charge is 0.255 e. The Kier molecular flexibility index (Phi) is 7.05. The van der Waals surface area contributed by atoms with Gasteiger partial charge in [0.05, 0.1) is 16.8 Å². The van der Waals surface area contributed by atoms with Gasteiger partial charge in [0.15, 0.2) is 0 Å². The van der Waals surface area contributed by atoms with Crippen LogP contribution in [0.15, 0.2) is 35.4 Å². The van der Waals surface area contributed by atoms with E-state index in [1.54, 1.807) is 12.1 Å². The lowest BCUT2D eigenvalue weighted by Gasteiger charge is -2.13. The lowest BCUT2D eigenvalue weighted by Crippen LogP contribution is -2.14. The summed E-state index contributed by atoms with van der Waals surface area (Å²) < 4.78 is 6.68. The van der Waals surface area contributed by atoms with E-state index in [2.05, 4.69) is 34.7 Å². The van der Waals surface area contributed by atoms with Crippen molar-refractivity contribution in [2.24, 2.45) is 5.10 Å². The Hall–Kier alpha value is -2.93. The number of benzene rings is 2. The standard InChI is InChI=1S/C23H28N4O2S/c1-6-11-29-18-10-8-9-17(13-18)22(28)25-20-14(3)12-19-21(16(20)5)30-23(24-19)27-26-15(4)7-2/h8-10,12-13H,6-7,11H2,1-5H3,(H,24,27)(H,25,28)/b26-15-. The van der Waals surface area contributed by atoms with E-state index in [1.807, 2.05) is 39.0 Å². The first-order valence-corrected chi connectivity index (χ1v) is 11.0. The van der Waals surface area contributed by atoms with Gasteiger partial charge in [0.25, 0.3) is 5.91 Å². The highest BCUT2D eigenvalue weighted by atomic mass is 32.1. The van der Waals surface area contributed by atoms with Gasteiger partial charge in [-0.1, -0.05) is 31.3 Å². The number of hydrogen-bond acceptors (Lipinski definition) is 6. The third-order valence-corrected chi connectivity index (χ3v) is 5.87. The van der Waals surface area contributed by atoms with Crippen molar-refractivity contribution >= 4 is 44.0 Å². The van der Waals surface area contributed by atoms with Gasteiger partial charge in [0.1, 0.15) is 5.75 Å². The zero-order valence-electron chi connectivity index (χ0n) is 18.1. The topological polar surface area (TPSA) is 75.6 Å². The molecule has 158 valence electrons. The molecule has 0 aliphatic rings. The zero-order chi connectivity index (χ0) is 21.7. The molecule has 2 aromatic carbocycles. The molecule has 0 spiro atoms. The van der Waals surface area contributed by atoms with E-state index in [9.17, 15) is 4.79 Å². The quantitative estimate of drug-likeness (QED) is 0.336. The van der Waals surface area contributed by atoms with Gasteiger partial charge in [-0.3, -0.25) is 10.2 Å². The highest BCUT2D eigenvalue weighted by Gasteiger charge is 2.16. The van der Waals surface area contributed by atoms with Crippen LogP contribution in [0.5, 0.6) is 5.75 Å². The van der Waals surface area contributed by atoms with Gasteiger partial charge in [-0.25, -0.2) is 4.98 Å². The average molecular weight is 425 g/mol. The summed E-state index contributed by atoms with van der Waals surface area (Å²) in [7, 11) is 0. The van der Waals surface area contributed by atoms with Crippen molar-refractivity contribution < 1.29 is 9.53 Å². The third-order valence-electron chi connectivity index (χ3n) is 4.78. The van der Waals surface area contributed by atoms with Gasteiger partial charge in [-0.05, 0) is 69.0 Å². The fourth-order valence-corrected chi connectivity index (χ4v) is 3.87. The number of rotatable bonds is 8. The van der Waals surface area contributed by atoms with Gasteiger partial charge in [0, 0.05) is 17.0 Å². The summed E-state index contributed by atoms with van der Waals surface area (Å²) in [5, 5.41) is 8.15. The summed E-state index contributed by atoms with van der Waals surface area (Å²) in [5.74, 6) is 0.544. The van der Waals surface area contributed by atoms with Gasteiger partial charge < -0.3 is 10.1 Å². The van der Waals surface area contributed by atoms with Crippen LogP contribution in [-0.4, -0.2) is 23.2 Å². The van der Waals surface area contributed by atoms with Crippen molar-refractivity contribution in [2.75, 3.05) is 17.3 Å². The van der Waals surface area contributed by atoms with E-state index in [0.29, 0.717) is 17.9 Å². The molecule has 7 heteroatoms. The van der Waals surface area contributed by atoms with Gasteiger partial charge >= 0.3 is 0 Å². The van der Waals surface area contributed by atoms with E-state index in [4.69, 9.17) is 4.74 Å². The van der Waals surface area contributed by atoms with Crippen LogP contribution >= 0.6 is 11.3 Å². The van der Waals surface area contributed by atoms with Crippen LogP contribution in [0, 0.1) is 13.8 Å². The Morgan fingerprint density at radius 3 is 2.77 bits per heavy atom. The number of nitrogens with zero attached hydrogens (tertiary/aromatic N) is 2. The Labute approximate surface area is 181 Å². The molecule has 3 rings (SSSR count). The Bertz CT molecular complexity index is 1090. The van der Waals surface area contributed by atoms with Crippen molar-refractivity contribution in [1.29, 1.82) is 0 Å². The van der Waals surface area contributed by atoms with E-state index in [0.717, 1.165) is 50.7 Å². The summed E-state index contributed by atoms with van der Waals surface area (Å²) in [6.07, 6.45) is 1.81. The van der Waals surface area contributed by atoms with Crippen LogP contribution in [0.1, 0.15) is 55.1 Å². The highest BCUT2D eigenvalue weighted by Crippen LogP contribution is 2.35. The number of ether oxygens (including phenoxy) is 1. The van der Waals surface area contributed by atoms with Crippen molar-refractivity contribution in [3.63, 3.8) is 0 Å². The molecule has 0 atom stereocenters. The summed E-state index contributed by atoms with van der Waals surface area (Å²) in [6, 6.07) is 9.26. The monoisotopic (exact) mass is 424 g/mol. The lowest BCUT2D eigenvalue weighted by atomic mass is 10.1. The Balaban J connectivity index is 1.86. The number of anilines is 2. The molecule has 0 fully saturated rings. The first kappa shape index (κ1) is 21.8. The van der Waals surface area contributed by atoms with Gasteiger partial charge in [0.2, 0.25) is 5.13 Å². The molecular weight excluding hydrogens is 396 g/mol. The van der Waals surface area contributed by atoms with Crippen LogP contribution in [0.4, 0.5) is 10.8 Å². The number of nitrogens with one attached hydrogen (secondary N) is 2. The number of carbonyl (C=O) groups excluding carboxylic acids is 1. The molecular formula is C23H28N4O2S. The van der Waals surface area contributed by atoms with Crippen molar-refractivity contribution in [3.05, 3.63) is 47.0 Å². The number of aromatic nitrogens is 1. The second kappa shape index (κ2) is 9.71. The zero-order valence-corrected chi connectivity index (χ0v) is 18.9. The minimum Gasteiger partial charge on any atom is -0.494 e. The SMILES string of the molecule is CCCOc1cccc(C(=O)Nc2c(C)cc3nc(N/N=C(/C)CC)sc3c2C)c1. The Morgan fingerprint density at radius 2 is 2.03 bits per heavy atom. The number of carbonyl (C=O) groups is 1. The summed E-state index contributed by atoms with van der Waals surface area (Å²) >= 11 is 1.53. The maximum atomic E-state index is 12.9. The molecule has 0 radical (unpaired) electrons. The first-order valence-electron chi connectivity index (χ1n) is 10.2. The highest BCUT2D eigenvalue weighted by molar-refractivity contribution is 7.22. The predicted octanol–water partition coefficient (Wildman–Crippen LogP) is 6.15. The van der Waals surface area contributed by atoms with E-state index >= 15 is 0 Å². The molecule has 0 saturated heterocycles. The van der Waals surface area contributed by atoms with E-state index < -0.39 is 0 Å². The summed E-state index contributed by atoms with van der Waals surface area (Å²) in [4.78, 5) is 17.5. The molecule has 1 amide bonds.